The average molecular weight is 580 g/mol. The molecule has 2 amide bonds. The van der Waals surface area contributed by atoms with Crippen molar-refractivity contribution < 1.29 is 32.2 Å². The first-order valence-corrected chi connectivity index (χ1v) is 14.8. The summed E-state index contributed by atoms with van der Waals surface area (Å²) < 4.78 is 44.2. The van der Waals surface area contributed by atoms with Gasteiger partial charge in [0.1, 0.15) is 22.1 Å². The van der Waals surface area contributed by atoms with Gasteiger partial charge in [0.25, 0.3) is 5.91 Å². The number of carbonyl (C=O) groups excluding carboxylic acids is 2. The van der Waals surface area contributed by atoms with Gasteiger partial charge >= 0.3 is 0 Å². The minimum absolute atomic E-state index is 0.000601. The van der Waals surface area contributed by atoms with Crippen LogP contribution in [0.15, 0.2) is 65.6 Å². The summed E-state index contributed by atoms with van der Waals surface area (Å²) in [7, 11) is 0.516. The molecule has 0 aliphatic carbocycles. The first-order chi connectivity index (χ1) is 19.7. The number of benzene rings is 3. The molecule has 216 valence electrons. The maximum absolute atomic E-state index is 13.6. The van der Waals surface area contributed by atoms with Gasteiger partial charge in [0.15, 0.2) is 0 Å². The smallest absolute Gasteiger partial charge is 0.258 e. The highest BCUT2D eigenvalue weighted by molar-refractivity contribution is 7.89. The van der Waals surface area contributed by atoms with Crippen LogP contribution in [0.4, 0.5) is 11.4 Å². The predicted molar refractivity (Wildman–Crippen MR) is 154 cm³/mol. The van der Waals surface area contributed by atoms with Crippen LogP contribution in [0.2, 0.25) is 0 Å². The van der Waals surface area contributed by atoms with E-state index in [1.165, 1.54) is 24.6 Å². The summed E-state index contributed by atoms with van der Waals surface area (Å²) in [4.78, 5) is 28.3. The molecular formula is C30H33N3O7S. The van der Waals surface area contributed by atoms with E-state index in [1.807, 2.05) is 12.1 Å². The Balaban J connectivity index is 1.30. The van der Waals surface area contributed by atoms with Gasteiger partial charge in [-0.05, 0) is 73.4 Å². The van der Waals surface area contributed by atoms with Crippen LogP contribution >= 0.6 is 0 Å². The summed E-state index contributed by atoms with van der Waals surface area (Å²) in [6.07, 6.45) is 1.81. The number of sulfonamides is 1. The zero-order valence-electron chi connectivity index (χ0n) is 23.3. The molecule has 0 radical (unpaired) electrons. The van der Waals surface area contributed by atoms with E-state index in [1.54, 1.807) is 54.5 Å². The van der Waals surface area contributed by atoms with Gasteiger partial charge in [-0.2, -0.15) is 4.31 Å². The molecule has 0 aromatic heterocycles. The van der Waals surface area contributed by atoms with Crippen LogP contribution in [0.5, 0.6) is 17.2 Å². The summed E-state index contributed by atoms with van der Waals surface area (Å²) in [6, 6.07) is 17.1. The molecule has 2 aliphatic rings. The minimum Gasteiger partial charge on any atom is -0.497 e. The first-order valence-electron chi connectivity index (χ1n) is 13.4. The fourth-order valence-corrected chi connectivity index (χ4v) is 7.00. The summed E-state index contributed by atoms with van der Waals surface area (Å²) in [5, 5.41) is 2.95. The van der Waals surface area contributed by atoms with Crippen molar-refractivity contribution in [3.8, 4) is 17.2 Å². The molecule has 1 saturated heterocycles. The minimum atomic E-state index is -3.94. The van der Waals surface area contributed by atoms with E-state index in [-0.39, 0.29) is 29.0 Å². The number of nitrogens with one attached hydrogen (secondary N) is 1. The van der Waals surface area contributed by atoms with Crippen LogP contribution in [0.3, 0.4) is 0 Å². The predicted octanol–water partition coefficient (Wildman–Crippen LogP) is 3.95. The van der Waals surface area contributed by atoms with Gasteiger partial charge in [-0.25, -0.2) is 8.42 Å². The van der Waals surface area contributed by atoms with E-state index in [9.17, 15) is 18.0 Å². The number of nitrogens with zero attached hydrogens (tertiary/aromatic N) is 2. The normalized spacial score (nSPS) is 17.0. The Morgan fingerprint density at radius 1 is 0.878 bits per heavy atom. The fourth-order valence-electron chi connectivity index (χ4n) is 5.30. The van der Waals surface area contributed by atoms with Crippen molar-refractivity contribution in [1.29, 1.82) is 0 Å². The van der Waals surface area contributed by atoms with Gasteiger partial charge < -0.3 is 24.4 Å². The number of ether oxygens (including phenoxy) is 3. The lowest BCUT2D eigenvalue weighted by atomic mass is 9.98. The molecule has 3 aromatic rings. The molecular weight excluding hydrogens is 546 g/mol. The molecule has 0 unspecified atom stereocenters. The number of anilines is 2. The molecule has 1 atom stereocenters. The Labute approximate surface area is 239 Å². The third-order valence-corrected chi connectivity index (χ3v) is 9.46. The summed E-state index contributed by atoms with van der Waals surface area (Å²) in [5.41, 5.74) is 2.87. The number of rotatable bonds is 8. The third kappa shape index (κ3) is 5.73. The zero-order chi connectivity index (χ0) is 29.1. The molecule has 0 spiro atoms. The SMILES string of the molecule is COc1ccc(C(=O)N2CCc3ccc(NC(=O)[C@H]4CCCN(S(=O)(=O)c5cc(OC)ccc5OC)C4)cc32)cc1. The van der Waals surface area contributed by atoms with E-state index >= 15 is 0 Å². The monoisotopic (exact) mass is 579 g/mol. The zero-order valence-corrected chi connectivity index (χ0v) is 24.1. The number of piperidine rings is 1. The number of hydrogen-bond acceptors (Lipinski definition) is 7. The molecule has 2 heterocycles. The topological polar surface area (TPSA) is 114 Å². The molecule has 41 heavy (non-hydrogen) atoms. The van der Waals surface area contributed by atoms with Gasteiger partial charge in [-0.3, -0.25) is 9.59 Å². The number of amides is 2. The molecule has 10 nitrogen and oxygen atoms in total. The Morgan fingerprint density at radius 2 is 1.61 bits per heavy atom. The number of methoxy groups -OCH3 is 3. The van der Waals surface area contributed by atoms with Crippen LogP contribution < -0.4 is 24.4 Å². The van der Waals surface area contributed by atoms with Crippen molar-refractivity contribution in [2.75, 3.05) is 51.2 Å². The van der Waals surface area contributed by atoms with Crippen LogP contribution in [-0.2, 0) is 21.2 Å². The highest BCUT2D eigenvalue weighted by Gasteiger charge is 2.35. The van der Waals surface area contributed by atoms with Gasteiger partial charge in [0.05, 0.1) is 27.2 Å². The summed E-state index contributed by atoms with van der Waals surface area (Å²) >= 11 is 0. The van der Waals surface area contributed by atoms with Crippen molar-refractivity contribution in [2.24, 2.45) is 5.92 Å². The lowest BCUT2D eigenvalue weighted by Gasteiger charge is -2.31. The maximum Gasteiger partial charge on any atom is 0.258 e. The van der Waals surface area contributed by atoms with Gasteiger partial charge in [-0.1, -0.05) is 6.07 Å². The molecule has 0 bridgehead atoms. The van der Waals surface area contributed by atoms with E-state index in [2.05, 4.69) is 5.32 Å². The Bertz CT molecular complexity index is 1560. The fraction of sp³-hybridized carbons (Fsp3) is 0.333. The second kappa shape index (κ2) is 11.8. The van der Waals surface area contributed by atoms with Crippen LogP contribution in [0.1, 0.15) is 28.8 Å². The lowest BCUT2D eigenvalue weighted by Crippen LogP contribution is -2.43. The number of fused-ring (bicyclic) bond motifs is 1. The van der Waals surface area contributed by atoms with E-state index in [0.717, 1.165) is 11.3 Å². The lowest BCUT2D eigenvalue weighted by molar-refractivity contribution is -0.120. The van der Waals surface area contributed by atoms with Crippen molar-refractivity contribution in [1.82, 2.24) is 4.31 Å². The van der Waals surface area contributed by atoms with E-state index < -0.39 is 15.9 Å². The third-order valence-electron chi connectivity index (χ3n) is 7.57. The van der Waals surface area contributed by atoms with Crippen LogP contribution in [0, 0.1) is 5.92 Å². The Morgan fingerprint density at radius 3 is 2.32 bits per heavy atom. The molecule has 1 N–H and O–H groups in total. The molecule has 2 aliphatic heterocycles. The number of carbonyl (C=O) groups is 2. The van der Waals surface area contributed by atoms with Crippen molar-refractivity contribution in [3.63, 3.8) is 0 Å². The Hall–Kier alpha value is -4.09. The van der Waals surface area contributed by atoms with Crippen LogP contribution in [0.25, 0.3) is 0 Å². The van der Waals surface area contributed by atoms with Gasteiger partial charge in [-0.15, -0.1) is 0 Å². The molecule has 3 aromatic carbocycles. The second-order valence-corrected chi connectivity index (χ2v) is 11.9. The quantitative estimate of drug-likeness (QED) is 0.430. The highest BCUT2D eigenvalue weighted by atomic mass is 32.2. The van der Waals surface area contributed by atoms with Gasteiger partial charge in [0, 0.05) is 42.6 Å². The van der Waals surface area contributed by atoms with E-state index in [0.29, 0.717) is 55.1 Å². The van der Waals surface area contributed by atoms with Crippen molar-refractivity contribution in [2.45, 2.75) is 24.2 Å². The average Bonchev–Trinajstić information content (AvgIpc) is 3.43. The Kier molecular flexibility index (Phi) is 8.18. The van der Waals surface area contributed by atoms with Crippen LogP contribution in [-0.4, -0.2) is 65.5 Å². The van der Waals surface area contributed by atoms with Gasteiger partial charge in [0.2, 0.25) is 15.9 Å². The standard InChI is InChI=1S/C30H33N3O7S/c1-38-24-10-7-21(8-11-24)30(35)33-16-14-20-6-9-23(17-26(20)33)31-29(34)22-5-4-15-32(19-22)41(36,37)28-18-25(39-2)12-13-27(28)40-3/h6-13,17-18,22H,4-5,14-16,19H2,1-3H3,(H,31,34)/t22-/m0/s1. The first kappa shape index (κ1) is 28.4. The maximum atomic E-state index is 13.6. The summed E-state index contributed by atoms with van der Waals surface area (Å²) in [5.74, 6) is 0.339. The van der Waals surface area contributed by atoms with Crippen molar-refractivity contribution >= 4 is 33.2 Å². The van der Waals surface area contributed by atoms with Crippen molar-refractivity contribution in [3.05, 3.63) is 71.8 Å². The molecule has 0 saturated carbocycles. The molecule has 1 fully saturated rings. The largest absolute Gasteiger partial charge is 0.497 e. The summed E-state index contributed by atoms with van der Waals surface area (Å²) in [6.45, 7) is 0.885. The molecule has 5 rings (SSSR count). The highest BCUT2D eigenvalue weighted by Crippen LogP contribution is 2.35. The van der Waals surface area contributed by atoms with E-state index in [4.69, 9.17) is 14.2 Å². The second-order valence-electron chi connectivity index (χ2n) is 9.99. The molecule has 11 heteroatoms. The number of hydrogen-bond donors (Lipinski definition) is 1.